The van der Waals surface area contributed by atoms with E-state index in [1.54, 1.807) is 6.26 Å². The zero-order valence-electron chi connectivity index (χ0n) is 11.3. The molecular weight excluding hydrogens is 210 g/mol. The molecule has 0 amide bonds. The van der Waals surface area contributed by atoms with Gasteiger partial charge in [0.05, 0.1) is 6.26 Å². The van der Waals surface area contributed by atoms with Crippen molar-refractivity contribution in [3.8, 4) is 0 Å². The molecule has 1 aromatic rings. The second kappa shape index (κ2) is 5.72. The minimum atomic E-state index is 0.503. The fourth-order valence-electron chi connectivity index (χ4n) is 3.27. The fourth-order valence-corrected chi connectivity index (χ4v) is 3.27. The van der Waals surface area contributed by atoms with Crippen LogP contribution < -0.4 is 5.32 Å². The van der Waals surface area contributed by atoms with E-state index in [1.165, 1.54) is 19.3 Å². The topological polar surface area (TPSA) is 25.2 Å². The summed E-state index contributed by atoms with van der Waals surface area (Å²) in [7, 11) is 0. The van der Waals surface area contributed by atoms with Gasteiger partial charge < -0.3 is 9.73 Å². The second-order valence-corrected chi connectivity index (χ2v) is 5.97. The molecule has 2 heteroatoms. The van der Waals surface area contributed by atoms with Gasteiger partial charge in [-0.05, 0) is 50.2 Å². The van der Waals surface area contributed by atoms with Crippen molar-refractivity contribution in [2.45, 2.75) is 58.5 Å². The van der Waals surface area contributed by atoms with Gasteiger partial charge >= 0.3 is 0 Å². The van der Waals surface area contributed by atoms with Crippen molar-refractivity contribution in [1.82, 2.24) is 5.32 Å². The zero-order chi connectivity index (χ0) is 12.3. The molecule has 3 unspecified atom stereocenters. The fraction of sp³-hybridized carbons (Fsp3) is 0.733. The predicted molar refractivity (Wildman–Crippen MR) is 71.0 cm³/mol. The summed E-state index contributed by atoms with van der Waals surface area (Å²) >= 11 is 0. The quantitative estimate of drug-likeness (QED) is 0.862. The van der Waals surface area contributed by atoms with Gasteiger partial charge in [0.15, 0.2) is 0 Å². The molecule has 96 valence electrons. The SMILES string of the molecule is CC1CC(C)CC(NC(C)Cc2ccco2)C1. The van der Waals surface area contributed by atoms with Crippen molar-refractivity contribution in [2.75, 3.05) is 0 Å². The molecule has 1 N–H and O–H groups in total. The van der Waals surface area contributed by atoms with E-state index in [-0.39, 0.29) is 0 Å². The first-order valence-electron chi connectivity index (χ1n) is 6.92. The maximum Gasteiger partial charge on any atom is 0.105 e. The first-order valence-corrected chi connectivity index (χ1v) is 6.92. The summed E-state index contributed by atoms with van der Waals surface area (Å²) in [4.78, 5) is 0. The van der Waals surface area contributed by atoms with Crippen LogP contribution in [-0.4, -0.2) is 12.1 Å². The van der Waals surface area contributed by atoms with Crippen molar-refractivity contribution in [3.63, 3.8) is 0 Å². The Morgan fingerprint density at radius 2 is 2.00 bits per heavy atom. The monoisotopic (exact) mass is 235 g/mol. The minimum Gasteiger partial charge on any atom is -0.469 e. The first kappa shape index (κ1) is 12.7. The first-order chi connectivity index (χ1) is 8.13. The maximum absolute atomic E-state index is 5.40. The van der Waals surface area contributed by atoms with Crippen LogP contribution in [0.15, 0.2) is 22.8 Å². The van der Waals surface area contributed by atoms with Crippen LogP contribution in [0.5, 0.6) is 0 Å². The van der Waals surface area contributed by atoms with Crippen molar-refractivity contribution < 1.29 is 4.42 Å². The van der Waals surface area contributed by atoms with E-state index in [9.17, 15) is 0 Å². The number of furan rings is 1. The van der Waals surface area contributed by atoms with Crippen LogP contribution in [0.1, 0.15) is 45.8 Å². The number of hydrogen-bond acceptors (Lipinski definition) is 2. The molecule has 1 saturated carbocycles. The van der Waals surface area contributed by atoms with Gasteiger partial charge in [0, 0.05) is 18.5 Å². The molecule has 0 aliphatic heterocycles. The van der Waals surface area contributed by atoms with E-state index >= 15 is 0 Å². The highest BCUT2D eigenvalue weighted by Gasteiger charge is 2.24. The van der Waals surface area contributed by atoms with Crippen molar-refractivity contribution >= 4 is 0 Å². The summed E-state index contributed by atoms with van der Waals surface area (Å²) in [5.74, 6) is 2.82. The molecule has 0 aromatic carbocycles. The zero-order valence-corrected chi connectivity index (χ0v) is 11.3. The molecule has 0 bridgehead atoms. The number of rotatable bonds is 4. The summed E-state index contributed by atoms with van der Waals surface area (Å²) in [6.45, 7) is 7.01. The lowest BCUT2D eigenvalue weighted by molar-refractivity contribution is 0.226. The van der Waals surface area contributed by atoms with E-state index in [4.69, 9.17) is 4.42 Å². The van der Waals surface area contributed by atoms with Gasteiger partial charge in [0.1, 0.15) is 5.76 Å². The van der Waals surface area contributed by atoms with Gasteiger partial charge in [-0.1, -0.05) is 13.8 Å². The molecule has 3 atom stereocenters. The van der Waals surface area contributed by atoms with Gasteiger partial charge in [-0.3, -0.25) is 0 Å². The van der Waals surface area contributed by atoms with E-state index in [2.05, 4.69) is 32.2 Å². The molecule has 1 aliphatic rings. The Hall–Kier alpha value is -0.760. The van der Waals surface area contributed by atoms with Gasteiger partial charge in [0.25, 0.3) is 0 Å². The Balaban J connectivity index is 1.79. The van der Waals surface area contributed by atoms with Gasteiger partial charge in [0.2, 0.25) is 0 Å². The molecule has 2 rings (SSSR count). The molecule has 0 spiro atoms. The van der Waals surface area contributed by atoms with Crippen molar-refractivity contribution in [3.05, 3.63) is 24.2 Å². The molecule has 17 heavy (non-hydrogen) atoms. The minimum absolute atomic E-state index is 0.503. The Labute approximate surface area is 105 Å². The number of hydrogen-bond donors (Lipinski definition) is 1. The van der Waals surface area contributed by atoms with E-state index in [0.717, 1.165) is 24.0 Å². The predicted octanol–water partition coefficient (Wildman–Crippen LogP) is 3.62. The summed E-state index contributed by atoms with van der Waals surface area (Å²) in [6, 6.07) is 5.22. The molecule has 0 radical (unpaired) electrons. The molecule has 1 aromatic heterocycles. The summed E-state index contributed by atoms with van der Waals surface area (Å²) in [5.41, 5.74) is 0. The second-order valence-electron chi connectivity index (χ2n) is 5.97. The van der Waals surface area contributed by atoms with Crippen LogP contribution in [0, 0.1) is 11.8 Å². The van der Waals surface area contributed by atoms with E-state index in [1.807, 2.05) is 6.07 Å². The smallest absolute Gasteiger partial charge is 0.105 e. The maximum atomic E-state index is 5.40. The van der Waals surface area contributed by atoms with Crippen LogP contribution in [-0.2, 0) is 6.42 Å². The average Bonchev–Trinajstić information content (AvgIpc) is 2.67. The summed E-state index contributed by atoms with van der Waals surface area (Å²) < 4.78 is 5.40. The Kier molecular flexibility index (Phi) is 4.27. The standard InChI is InChI=1S/C15H25NO/c1-11-7-12(2)9-14(8-11)16-13(3)10-15-5-4-6-17-15/h4-6,11-14,16H,7-10H2,1-3H3. The molecule has 2 nitrogen and oxygen atoms in total. The molecule has 1 heterocycles. The Morgan fingerprint density at radius 1 is 1.29 bits per heavy atom. The molecular formula is C15H25NO. The van der Waals surface area contributed by atoms with Gasteiger partial charge in [-0.25, -0.2) is 0 Å². The highest BCUT2D eigenvalue weighted by atomic mass is 16.3. The third-order valence-electron chi connectivity index (χ3n) is 3.79. The summed E-state index contributed by atoms with van der Waals surface area (Å²) in [5, 5.41) is 3.76. The van der Waals surface area contributed by atoms with Crippen molar-refractivity contribution in [1.29, 1.82) is 0 Å². The van der Waals surface area contributed by atoms with E-state index in [0.29, 0.717) is 12.1 Å². The lowest BCUT2D eigenvalue weighted by Crippen LogP contribution is -2.42. The third kappa shape index (κ3) is 3.88. The van der Waals surface area contributed by atoms with Gasteiger partial charge in [-0.2, -0.15) is 0 Å². The van der Waals surface area contributed by atoms with Crippen LogP contribution in [0.4, 0.5) is 0 Å². The highest BCUT2D eigenvalue weighted by molar-refractivity contribution is 5.00. The van der Waals surface area contributed by atoms with Crippen LogP contribution in [0.2, 0.25) is 0 Å². The van der Waals surface area contributed by atoms with E-state index < -0.39 is 0 Å². The van der Waals surface area contributed by atoms with Crippen molar-refractivity contribution in [2.24, 2.45) is 11.8 Å². The number of nitrogens with one attached hydrogen (secondary N) is 1. The Morgan fingerprint density at radius 3 is 2.59 bits per heavy atom. The van der Waals surface area contributed by atoms with Gasteiger partial charge in [-0.15, -0.1) is 0 Å². The lowest BCUT2D eigenvalue weighted by atomic mass is 9.80. The summed E-state index contributed by atoms with van der Waals surface area (Å²) in [6.07, 6.45) is 6.80. The average molecular weight is 235 g/mol. The third-order valence-corrected chi connectivity index (χ3v) is 3.79. The lowest BCUT2D eigenvalue weighted by Gasteiger charge is -2.33. The normalized spacial score (nSPS) is 31.4. The van der Waals surface area contributed by atoms with Crippen LogP contribution >= 0.6 is 0 Å². The molecule has 1 aliphatic carbocycles. The highest BCUT2D eigenvalue weighted by Crippen LogP contribution is 2.28. The molecule has 0 saturated heterocycles. The largest absolute Gasteiger partial charge is 0.469 e. The molecule has 1 fully saturated rings. The Bertz CT molecular complexity index is 310. The van der Waals surface area contributed by atoms with Crippen LogP contribution in [0.3, 0.4) is 0 Å². The van der Waals surface area contributed by atoms with Crippen LogP contribution in [0.25, 0.3) is 0 Å².